The minimum atomic E-state index is -4.45. The summed E-state index contributed by atoms with van der Waals surface area (Å²) in [6, 6.07) is 5.71. The van der Waals surface area contributed by atoms with Crippen molar-refractivity contribution in [2.45, 2.75) is 18.6 Å². The second-order valence-electron chi connectivity index (χ2n) is 5.15. The molecule has 2 aromatic rings. The number of halogens is 3. The summed E-state index contributed by atoms with van der Waals surface area (Å²) in [4.78, 5) is 29.3. The second kappa shape index (κ2) is 5.11. The van der Waals surface area contributed by atoms with E-state index in [1.54, 1.807) is 24.3 Å². The Kier molecular flexibility index (Phi) is 3.38. The second-order valence-corrected chi connectivity index (χ2v) is 5.15. The van der Waals surface area contributed by atoms with Crippen molar-refractivity contribution < 1.29 is 18.0 Å². The molecule has 8 heteroatoms. The van der Waals surface area contributed by atoms with Crippen molar-refractivity contribution in [3.63, 3.8) is 0 Å². The summed E-state index contributed by atoms with van der Waals surface area (Å²) < 4.78 is 38.4. The number of carbonyl (C=O) groups excluding carboxylic acids is 1. The van der Waals surface area contributed by atoms with Gasteiger partial charge in [-0.25, -0.2) is 4.98 Å². The van der Waals surface area contributed by atoms with E-state index in [2.05, 4.69) is 4.98 Å². The standard InChI is InChI=1S/C14H12F3N3O2/c15-14(16,17)7-19-6-5-11(13(19)22)20-8-18-10-4-2-1-3-9(10)12(20)21/h1-4,8,11H,5-7H2/t11-/m1/s1. The minimum absolute atomic E-state index is 0.0255. The fourth-order valence-electron chi connectivity index (χ4n) is 2.66. The van der Waals surface area contributed by atoms with Crippen molar-refractivity contribution in [1.82, 2.24) is 14.5 Å². The van der Waals surface area contributed by atoms with Crippen LogP contribution in [0.1, 0.15) is 12.5 Å². The largest absolute Gasteiger partial charge is 0.406 e. The van der Waals surface area contributed by atoms with Crippen molar-refractivity contribution in [3.8, 4) is 0 Å². The number of likely N-dealkylation sites (tertiary alicyclic amines) is 1. The van der Waals surface area contributed by atoms with Crippen LogP contribution in [0, 0.1) is 0 Å². The van der Waals surface area contributed by atoms with Gasteiger partial charge in [0, 0.05) is 6.54 Å². The third-order valence-electron chi connectivity index (χ3n) is 3.67. The summed E-state index contributed by atoms with van der Waals surface area (Å²) >= 11 is 0. The number of alkyl halides is 3. The molecule has 22 heavy (non-hydrogen) atoms. The van der Waals surface area contributed by atoms with Crippen LogP contribution in [-0.2, 0) is 4.79 Å². The van der Waals surface area contributed by atoms with E-state index in [-0.39, 0.29) is 13.0 Å². The molecule has 0 N–H and O–H groups in total. The molecule has 1 aromatic carbocycles. The Morgan fingerprint density at radius 2 is 1.95 bits per heavy atom. The van der Waals surface area contributed by atoms with Gasteiger partial charge in [0.25, 0.3) is 5.56 Å². The van der Waals surface area contributed by atoms with Gasteiger partial charge in [0.15, 0.2) is 0 Å². The highest BCUT2D eigenvalue weighted by Crippen LogP contribution is 2.26. The number of para-hydroxylation sites is 1. The van der Waals surface area contributed by atoms with Gasteiger partial charge in [-0.15, -0.1) is 0 Å². The average Bonchev–Trinajstić information content (AvgIpc) is 2.79. The molecular weight excluding hydrogens is 299 g/mol. The maximum Gasteiger partial charge on any atom is 0.406 e. The molecule has 0 unspecified atom stereocenters. The van der Waals surface area contributed by atoms with E-state index < -0.39 is 30.2 Å². The number of hydrogen-bond donors (Lipinski definition) is 0. The molecule has 0 radical (unpaired) electrons. The smallest absolute Gasteiger partial charge is 0.332 e. The van der Waals surface area contributed by atoms with Crippen LogP contribution in [0.4, 0.5) is 13.2 Å². The third-order valence-corrected chi connectivity index (χ3v) is 3.67. The van der Waals surface area contributed by atoms with Gasteiger partial charge in [0.05, 0.1) is 17.2 Å². The molecule has 0 spiro atoms. The van der Waals surface area contributed by atoms with Crippen LogP contribution in [0.25, 0.3) is 10.9 Å². The first-order valence-electron chi connectivity index (χ1n) is 6.68. The van der Waals surface area contributed by atoms with Crippen molar-refractivity contribution >= 4 is 16.8 Å². The van der Waals surface area contributed by atoms with Crippen molar-refractivity contribution in [2.24, 2.45) is 0 Å². The summed E-state index contributed by atoms with van der Waals surface area (Å²) in [7, 11) is 0. The van der Waals surface area contributed by atoms with Gasteiger partial charge in [-0.1, -0.05) is 12.1 Å². The van der Waals surface area contributed by atoms with E-state index >= 15 is 0 Å². The molecule has 1 amide bonds. The van der Waals surface area contributed by atoms with Crippen LogP contribution in [0.15, 0.2) is 35.4 Å². The van der Waals surface area contributed by atoms with Gasteiger partial charge in [0.2, 0.25) is 5.91 Å². The zero-order chi connectivity index (χ0) is 15.9. The molecule has 1 aliphatic heterocycles. The number of fused-ring (bicyclic) bond motifs is 1. The monoisotopic (exact) mass is 311 g/mol. The van der Waals surface area contributed by atoms with E-state index in [0.29, 0.717) is 10.9 Å². The van der Waals surface area contributed by atoms with Crippen LogP contribution in [0.3, 0.4) is 0 Å². The topological polar surface area (TPSA) is 55.2 Å². The van der Waals surface area contributed by atoms with Gasteiger partial charge in [0.1, 0.15) is 12.6 Å². The molecule has 1 saturated heterocycles. The number of benzene rings is 1. The molecule has 1 fully saturated rings. The predicted molar refractivity (Wildman–Crippen MR) is 72.3 cm³/mol. The Hall–Kier alpha value is -2.38. The average molecular weight is 311 g/mol. The zero-order valence-electron chi connectivity index (χ0n) is 11.4. The van der Waals surface area contributed by atoms with Crippen molar-refractivity contribution in [3.05, 3.63) is 40.9 Å². The Balaban J connectivity index is 1.94. The van der Waals surface area contributed by atoms with Crippen molar-refractivity contribution in [1.29, 1.82) is 0 Å². The molecule has 0 bridgehead atoms. The Morgan fingerprint density at radius 1 is 1.23 bits per heavy atom. The fourth-order valence-corrected chi connectivity index (χ4v) is 2.66. The first-order chi connectivity index (χ1) is 10.4. The van der Waals surface area contributed by atoms with Gasteiger partial charge >= 0.3 is 6.18 Å². The van der Waals surface area contributed by atoms with E-state index in [1.165, 1.54) is 6.33 Å². The van der Waals surface area contributed by atoms with Gasteiger partial charge < -0.3 is 4.90 Å². The summed E-state index contributed by atoms with van der Waals surface area (Å²) in [5.74, 6) is -0.698. The Bertz CT molecular complexity index is 785. The number of amides is 1. The lowest BCUT2D eigenvalue weighted by molar-refractivity contribution is -0.158. The van der Waals surface area contributed by atoms with E-state index in [1.807, 2.05) is 0 Å². The summed E-state index contributed by atoms with van der Waals surface area (Å²) in [5.41, 5.74) is 0.0687. The van der Waals surface area contributed by atoms with Gasteiger partial charge in [-0.2, -0.15) is 13.2 Å². The number of carbonyl (C=O) groups is 1. The predicted octanol–water partition coefficient (Wildman–Crippen LogP) is 1.73. The normalized spacial score (nSPS) is 19.1. The Morgan fingerprint density at radius 3 is 2.68 bits per heavy atom. The highest BCUT2D eigenvalue weighted by Gasteiger charge is 2.40. The van der Waals surface area contributed by atoms with Crippen LogP contribution < -0.4 is 5.56 Å². The summed E-state index contributed by atoms with van der Waals surface area (Å²) in [5, 5.41) is 0.340. The molecule has 5 nitrogen and oxygen atoms in total. The summed E-state index contributed by atoms with van der Waals surface area (Å²) in [6.07, 6.45) is -3.06. The number of nitrogens with zero attached hydrogens (tertiary/aromatic N) is 3. The molecule has 116 valence electrons. The number of aromatic nitrogens is 2. The lowest BCUT2D eigenvalue weighted by Crippen LogP contribution is -2.38. The molecule has 2 heterocycles. The van der Waals surface area contributed by atoms with Gasteiger partial charge in [-0.3, -0.25) is 14.2 Å². The highest BCUT2D eigenvalue weighted by molar-refractivity contribution is 5.83. The van der Waals surface area contributed by atoms with Crippen LogP contribution in [-0.4, -0.2) is 39.6 Å². The molecule has 1 aliphatic rings. The first kappa shape index (κ1) is 14.6. The SMILES string of the molecule is O=C1[C@H](n2cnc3ccccc3c2=O)CCN1CC(F)(F)F. The molecule has 0 saturated carbocycles. The maximum absolute atomic E-state index is 12.4. The highest BCUT2D eigenvalue weighted by atomic mass is 19.4. The van der Waals surface area contributed by atoms with E-state index in [9.17, 15) is 22.8 Å². The molecule has 1 aromatic heterocycles. The van der Waals surface area contributed by atoms with E-state index in [0.717, 1.165) is 9.47 Å². The maximum atomic E-state index is 12.4. The van der Waals surface area contributed by atoms with E-state index in [4.69, 9.17) is 0 Å². The van der Waals surface area contributed by atoms with Gasteiger partial charge in [-0.05, 0) is 18.6 Å². The third kappa shape index (κ3) is 2.56. The zero-order valence-corrected chi connectivity index (χ0v) is 11.4. The first-order valence-corrected chi connectivity index (χ1v) is 6.68. The fraction of sp³-hybridized carbons (Fsp3) is 0.357. The molecule has 1 atom stereocenters. The summed E-state index contributed by atoms with van der Waals surface area (Å²) in [6.45, 7) is -1.32. The van der Waals surface area contributed by atoms with Crippen LogP contribution >= 0.6 is 0 Å². The Labute approximate surface area is 123 Å². The number of rotatable bonds is 2. The molecule has 0 aliphatic carbocycles. The molecule has 3 rings (SSSR count). The van der Waals surface area contributed by atoms with Crippen molar-refractivity contribution in [2.75, 3.05) is 13.1 Å². The lowest BCUT2D eigenvalue weighted by Gasteiger charge is -2.19. The molecular formula is C14H12F3N3O2. The quantitative estimate of drug-likeness (QED) is 0.849. The number of hydrogen-bond acceptors (Lipinski definition) is 3. The minimum Gasteiger partial charge on any atom is -0.332 e. The lowest BCUT2D eigenvalue weighted by atomic mass is 10.2. The van der Waals surface area contributed by atoms with Crippen LogP contribution in [0.5, 0.6) is 0 Å². The van der Waals surface area contributed by atoms with Crippen LogP contribution in [0.2, 0.25) is 0 Å².